The number of alkyl halides is 3. The van der Waals surface area contributed by atoms with Crippen LogP contribution in [0.5, 0.6) is 5.75 Å². The molecule has 0 N–H and O–H groups in total. The second-order valence-electron chi connectivity index (χ2n) is 3.19. The minimum absolute atomic E-state index is 0.0872. The normalized spacial score (nSPS) is 12.1. The Morgan fingerprint density at radius 2 is 2.00 bits per heavy atom. The number of hydrogen-bond acceptors (Lipinski definition) is 2. The Morgan fingerprint density at radius 3 is 2.62 bits per heavy atom. The highest BCUT2D eigenvalue weighted by Crippen LogP contribution is 2.36. The summed E-state index contributed by atoms with van der Waals surface area (Å²) in [5, 5.41) is 0.555. The third-order valence-electron chi connectivity index (χ3n) is 1.94. The molecular weight excluding hydrogens is 289 g/mol. The number of aryl methyl sites for hydroxylation is 1. The van der Waals surface area contributed by atoms with E-state index in [1.165, 1.54) is 12.1 Å². The standard InChI is InChI=1S/C10H6BrF3O2/c1-5-4-6-7(11)2-3-8(9(6)15-5)16-10(12,13)14/h2-4H,1H3. The summed E-state index contributed by atoms with van der Waals surface area (Å²) in [5.41, 5.74) is 0.0872. The van der Waals surface area contributed by atoms with E-state index in [0.717, 1.165) is 0 Å². The molecule has 0 saturated carbocycles. The first kappa shape index (κ1) is 11.3. The average molecular weight is 295 g/mol. The van der Waals surface area contributed by atoms with Gasteiger partial charge in [-0.25, -0.2) is 0 Å². The lowest BCUT2D eigenvalue weighted by molar-refractivity contribution is -0.274. The molecule has 2 rings (SSSR count). The molecule has 16 heavy (non-hydrogen) atoms. The fraction of sp³-hybridized carbons (Fsp3) is 0.200. The van der Waals surface area contributed by atoms with E-state index in [4.69, 9.17) is 4.42 Å². The van der Waals surface area contributed by atoms with Gasteiger partial charge in [-0.1, -0.05) is 15.9 Å². The molecule has 0 unspecified atom stereocenters. The molecule has 1 aromatic heterocycles. The summed E-state index contributed by atoms with van der Waals surface area (Å²) < 4.78 is 46.0. The zero-order chi connectivity index (χ0) is 11.9. The molecule has 0 spiro atoms. The minimum atomic E-state index is -4.72. The Hall–Kier alpha value is -1.17. The Balaban J connectivity index is 2.58. The minimum Gasteiger partial charge on any atom is -0.457 e. The second kappa shape index (κ2) is 3.69. The maximum Gasteiger partial charge on any atom is 0.573 e. The van der Waals surface area contributed by atoms with E-state index >= 15 is 0 Å². The number of halogens is 4. The van der Waals surface area contributed by atoms with Crippen molar-refractivity contribution < 1.29 is 22.3 Å². The predicted molar refractivity (Wildman–Crippen MR) is 55.3 cm³/mol. The first-order chi connectivity index (χ1) is 7.37. The quantitative estimate of drug-likeness (QED) is 0.778. The highest BCUT2D eigenvalue weighted by molar-refractivity contribution is 9.10. The van der Waals surface area contributed by atoms with Gasteiger partial charge >= 0.3 is 6.36 Å². The molecule has 0 amide bonds. The molecule has 0 aliphatic rings. The summed E-state index contributed by atoms with van der Waals surface area (Å²) in [5.74, 6) is 0.188. The van der Waals surface area contributed by atoms with Gasteiger partial charge in [-0.15, -0.1) is 13.2 Å². The van der Waals surface area contributed by atoms with Crippen molar-refractivity contribution in [2.45, 2.75) is 13.3 Å². The molecule has 86 valence electrons. The van der Waals surface area contributed by atoms with Gasteiger partial charge in [0, 0.05) is 9.86 Å². The van der Waals surface area contributed by atoms with Crippen LogP contribution in [0.25, 0.3) is 11.0 Å². The van der Waals surface area contributed by atoms with Gasteiger partial charge in [0.15, 0.2) is 11.3 Å². The zero-order valence-corrected chi connectivity index (χ0v) is 9.65. The topological polar surface area (TPSA) is 22.4 Å². The molecule has 0 aliphatic carbocycles. The van der Waals surface area contributed by atoms with Crippen LogP contribution < -0.4 is 4.74 Å². The van der Waals surface area contributed by atoms with Crippen molar-refractivity contribution in [1.29, 1.82) is 0 Å². The second-order valence-corrected chi connectivity index (χ2v) is 4.05. The van der Waals surface area contributed by atoms with E-state index < -0.39 is 6.36 Å². The van der Waals surface area contributed by atoms with Crippen molar-refractivity contribution in [1.82, 2.24) is 0 Å². The summed E-state index contributed by atoms with van der Waals surface area (Å²) in [4.78, 5) is 0. The highest BCUT2D eigenvalue weighted by atomic mass is 79.9. The van der Waals surface area contributed by atoms with E-state index in [2.05, 4.69) is 20.7 Å². The molecule has 2 aromatic rings. The van der Waals surface area contributed by atoms with Crippen LogP contribution in [-0.2, 0) is 0 Å². The van der Waals surface area contributed by atoms with Gasteiger partial charge in [-0.2, -0.15) is 0 Å². The zero-order valence-electron chi connectivity index (χ0n) is 8.06. The molecule has 2 nitrogen and oxygen atoms in total. The largest absolute Gasteiger partial charge is 0.573 e. The van der Waals surface area contributed by atoms with Gasteiger partial charge in [0.1, 0.15) is 5.76 Å². The molecule has 1 heterocycles. The molecular formula is C10H6BrF3O2. The Labute approximate surface area is 97.1 Å². The van der Waals surface area contributed by atoms with Gasteiger partial charge in [0.05, 0.1) is 0 Å². The molecule has 0 radical (unpaired) electrons. The van der Waals surface area contributed by atoms with Crippen LogP contribution in [0.15, 0.2) is 27.1 Å². The van der Waals surface area contributed by atoms with Crippen LogP contribution in [0.3, 0.4) is 0 Å². The highest BCUT2D eigenvalue weighted by Gasteiger charge is 2.32. The lowest BCUT2D eigenvalue weighted by atomic mass is 10.2. The van der Waals surface area contributed by atoms with Crippen LogP contribution in [-0.4, -0.2) is 6.36 Å². The van der Waals surface area contributed by atoms with Crippen LogP contribution >= 0.6 is 15.9 Å². The van der Waals surface area contributed by atoms with Crippen LogP contribution in [0.4, 0.5) is 13.2 Å². The summed E-state index contributed by atoms with van der Waals surface area (Å²) >= 11 is 3.23. The third kappa shape index (κ3) is 2.16. The maximum atomic E-state index is 12.1. The first-order valence-corrected chi connectivity index (χ1v) is 5.10. The van der Waals surface area contributed by atoms with Gasteiger partial charge in [0.2, 0.25) is 0 Å². The molecule has 0 atom stereocenters. The average Bonchev–Trinajstić information content (AvgIpc) is 2.51. The van der Waals surface area contributed by atoms with Crippen LogP contribution in [0, 0.1) is 6.92 Å². The number of ether oxygens (including phenoxy) is 1. The maximum absolute atomic E-state index is 12.1. The van der Waals surface area contributed by atoms with E-state index in [-0.39, 0.29) is 11.3 Å². The third-order valence-corrected chi connectivity index (χ3v) is 2.63. The van der Waals surface area contributed by atoms with Crippen molar-refractivity contribution in [2.24, 2.45) is 0 Å². The van der Waals surface area contributed by atoms with Gasteiger partial charge in [-0.3, -0.25) is 0 Å². The summed E-state index contributed by atoms with van der Waals surface area (Å²) in [7, 11) is 0. The van der Waals surface area contributed by atoms with Gasteiger partial charge in [0.25, 0.3) is 0 Å². The summed E-state index contributed by atoms with van der Waals surface area (Å²) in [6.45, 7) is 1.66. The van der Waals surface area contributed by atoms with Gasteiger partial charge in [-0.05, 0) is 25.1 Å². The Morgan fingerprint density at radius 1 is 1.31 bits per heavy atom. The lowest BCUT2D eigenvalue weighted by Gasteiger charge is -2.09. The van der Waals surface area contributed by atoms with E-state index in [0.29, 0.717) is 15.6 Å². The Kier molecular flexibility index (Phi) is 2.61. The van der Waals surface area contributed by atoms with Crippen molar-refractivity contribution in [3.63, 3.8) is 0 Å². The smallest absolute Gasteiger partial charge is 0.457 e. The molecule has 6 heteroatoms. The first-order valence-electron chi connectivity index (χ1n) is 4.31. The molecule has 0 saturated heterocycles. The molecule has 1 aromatic carbocycles. The van der Waals surface area contributed by atoms with Crippen molar-refractivity contribution in [3.8, 4) is 5.75 Å². The van der Waals surface area contributed by atoms with E-state index in [9.17, 15) is 13.2 Å². The SMILES string of the molecule is Cc1cc2c(Br)ccc(OC(F)(F)F)c2o1. The van der Waals surface area contributed by atoms with Gasteiger partial charge < -0.3 is 9.15 Å². The molecule has 0 aliphatic heterocycles. The van der Waals surface area contributed by atoms with Crippen LogP contribution in [0.2, 0.25) is 0 Å². The molecule has 0 fully saturated rings. The fourth-order valence-corrected chi connectivity index (χ4v) is 1.82. The van der Waals surface area contributed by atoms with Crippen molar-refractivity contribution >= 4 is 26.9 Å². The van der Waals surface area contributed by atoms with Crippen molar-refractivity contribution in [2.75, 3.05) is 0 Å². The van der Waals surface area contributed by atoms with E-state index in [1.54, 1.807) is 13.0 Å². The number of furan rings is 1. The van der Waals surface area contributed by atoms with E-state index in [1.807, 2.05) is 0 Å². The number of rotatable bonds is 1. The number of benzene rings is 1. The summed E-state index contributed by atoms with van der Waals surface area (Å²) in [6.07, 6.45) is -4.72. The monoisotopic (exact) mass is 294 g/mol. The lowest BCUT2D eigenvalue weighted by Crippen LogP contribution is -2.17. The number of fused-ring (bicyclic) bond motifs is 1. The molecule has 0 bridgehead atoms. The van der Waals surface area contributed by atoms with Crippen molar-refractivity contribution in [3.05, 3.63) is 28.4 Å². The summed E-state index contributed by atoms with van der Waals surface area (Å²) in [6, 6.07) is 4.34. The Bertz CT molecular complexity index is 531. The number of hydrogen-bond donors (Lipinski definition) is 0. The van der Waals surface area contributed by atoms with Crippen LogP contribution in [0.1, 0.15) is 5.76 Å². The predicted octanol–water partition coefficient (Wildman–Crippen LogP) is 4.40. The fourth-order valence-electron chi connectivity index (χ4n) is 1.39.